The summed E-state index contributed by atoms with van der Waals surface area (Å²) in [7, 11) is 1.60. The highest BCUT2D eigenvalue weighted by molar-refractivity contribution is 9.10. The highest BCUT2D eigenvalue weighted by Crippen LogP contribution is 2.43. The van der Waals surface area contributed by atoms with Crippen molar-refractivity contribution in [2.45, 2.75) is 20.3 Å². The van der Waals surface area contributed by atoms with Gasteiger partial charge in [0.05, 0.1) is 12.7 Å². The molecule has 0 fully saturated rings. The first-order valence-electron chi connectivity index (χ1n) is 4.87. The number of rotatable bonds is 1. The van der Waals surface area contributed by atoms with Crippen LogP contribution in [0.15, 0.2) is 16.6 Å². The van der Waals surface area contributed by atoms with E-state index in [4.69, 9.17) is 4.74 Å². The molecule has 0 aromatic heterocycles. The zero-order valence-electron chi connectivity index (χ0n) is 9.06. The van der Waals surface area contributed by atoms with Crippen LogP contribution in [-0.2, 0) is 6.42 Å². The summed E-state index contributed by atoms with van der Waals surface area (Å²) in [5.74, 6) is 0.861. The molecule has 1 aromatic rings. The lowest BCUT2D eigenvalue weighted by atomic mass is 9.89. The second-order valence-electron chi connectivity index (χ2n) is 4.49. The van der Waals surface area contributed by atoms with Gasteiger partial charge in [-0.3, -0.25) is 4.79 Å². The molecule has 3 heteroatoms. The predicted molar refractivity (Wildman–Crippen MR) is 62.5 cm³/mol. The van der Waals surface area contributed by atoms with Gasteiger partial charge < -0.3 is 4.74 Å². The van der Waals surface area contributed by atoms with Crippen LogP contribution in [0.4, 0.5) is 0 Å². The van der Waals surface area contributed by atoms with Gasteiger partial charge in [-0.15, -0.1) is 0 Å². The van der Waals surface area contributed by atoms with Crippen molar-refractivity contribution in [3.05, 3.63) is 27.7 Å². The summed E-state index contributed by atoms with van der Waals surface area (Å²) in [5, 5.41) is 0. The second-order valence-corrected chi connectivity index (χ2v) is 5.35. The van der Waals surface area contributed by atoms with E-state index < -0.39 is 0 Å². The lowest BCUT2D eigenvalue weighted by Gasteiger charge is -2.13. The van der Waals surface area contributed by atoms with E-state index in [0.717, 1.165) is 22.0 Å². The molecule has 1 aliphatic carbocycles. The van der Waals surface area contributed by atoms with Crippen LogP contribution in [0.3, 0.4) is 0 Å². The lowest BCUT2D eigenvalue weighted by molar-refractivity contribution is 0.0861. The smallest absolute Gasteiger partial charge is 0.172 e. The van der Waals surface area contributed by atoms with E-state index in [9.17, 15) is 4.79 Å². The van der Waals surface area contributed by atoms with Crippen LogP contribution in [0.25, 0.3) is 0 Å². The van der Waals surface area contributed by atoms with E-state index in [1.807, 2.05) is 26.0 Å². The number of methoxy groups -OCH3 is 1. The molecule has 0 saturated heterocycles. The molecule has 0 heterocycles. The van der Waals surface area contributed by atoms with Crippen LogP contribution in [0.5, 0.6) is 5.75 Å². The molecule has 0 atom stereocenters. The minimum absolute atomic E-state index is 0.177. The van der Waals surface area contributed by atoms with Crippen molar-refractivity contribution in [3.8, 4) is 5.75 Å². The zero-order chi connectivity index (χ0) is 11.2. The predicted octanol–water partition coefficient (Wildman–Crippen LogP) is 3.22. The summed E-state index contributed by atoms with van der Waals surface area (Å²) >= 11 is 3.48. The Morgan fingerprint density at radius 1 is 1.40 bits per heavy atom. The molecule has 0 spiro atoms. The number of fused-ring (bicyclic) bond motifs is 1. The lowest BCUT2D eigenvalue weighted by Crippen LogP contribution is -2.19. The average molecular weight is 269 g/mol. The molecular weight excluding hydrogens is 256 g/mol. The number of carbonyl (C=O) groups is 1. The molecule has 0 aliphatic heterocycles. The van der Waals surface area contributed by atoms with Crippen molar-refractivity contribution >= 4 is 21.7 Å². The van der Waals surface area contributed by atoms with Gasteiger partial charge in [0.1, 0.15) is 5.75 Å². The van der Waals surface area contributed by atoms with E-state index in [0.29, 0.717) is 5.75 Å². The van der Waals surface area contributed by atoms with Crippen LogP contribution in [0, 0.1) is 5.41 Å². The number of Topliss-reactive ketones (excluding diaryl/α,β-unsaturated/α-hetero) is 1. The fourth-order valence-electron chi connectivity index (χ4n) is 2.05. The molecule has 15 heavy (non-hydrogen) atoms. The quantitative estimate of drug-likeness (QED) is 0.782. The molecule has 2 nitrogen and oxygen atoms in total. The number of benzene rings is 1. The maximum atomic E-state index is 12.1. The molecule has 0 N–H and O–H groups in total. The van der Waals surface area contributed by atoms with E-state index in [1.54, 1.807) is 7.11 Å². The number of hydrogen-bond acceptors (Lipinski definition) is 2. The van der Waals surface area contributed by atoms with Crippen LogP contribution in [-0.4, -0.2) is 12.9 Å². The summed E-state index contributed by atoms with van der Waals surface area (Å²) in [6.45, 7) is 3.95. The van der Waals surface area contributed by atoms with Crippen LogP contribution >= 0.6 is 15.9 Å². The summed E-state index contributed by atoms with van der Waals surface area (Å²) in [6, 6.07) is 3.77. The van der Waals surface area contributed by atoms with E-state index >= 15 is 0 Å². The van der Waals surface area contributed by atoms with Gasteiger partial charge in [-0.1, -0.05) is 29.8 Å². The van der Waals surface area contributed by atoms with E-state index in [2.05, 4.69) is 15.9 Å². The van der Waals surface area contributed by atoms with Gasteiger partial charge >= 0.3 is 0 Å². The third kappa shape index (κ3) is 1.49. The average Bonchev–Trinajstić information content (AvgIpc) is 2.42. The van der Waals surface area contributed by atoms with Gasteiger partial charge in [-0.05, 0) is 24.1 Å². The van der Waals surface area contributed by atoms with Crippen LogP contribution in [0.1, 0.15) is 29.8 Å². The summed E-state index contributed by atoms with van der Waals surface area (Å²) < 4.78 is 6.23. The van der Waals surface area contributed by atoms with Crippen LogP contribution in [0.2, 0.25) is 0 Å². The number of halogens is 1. The third-order valence-electron chi connectivity index (χ3n) is 2.90. The Labute approximate surface area is 97.8 Å². The second kappa shape index (κ2) is 3.34. The largest absolute Gasteiger partial charge is 0.496 e. The first kappa shape index (κ1) is 10.7. The number of ketones is 1. The monoisotopic (exact) mass is 268 g/mol. The number of carbonyl (C=O) groups excluding carboxylic acids is 1. The normalized spacial score (nSPS) is 17.7. The van der Waals surface area contributed by atoms with Crippen molar-refractivity contribution in [1.82, 2.24) is 0 Å². The zero-order valence-corrected chi connectivity index (χ0v) is 10.6. The van der Waals surface area contributed by atoms with Crippen LogP contribution < -0.4 is 4.74 Å². The molecule has 0 amide bonds. The van der Waals surface area contributed by atoms with Crippen molar-refractivity contribution in [2.24, 2.45) is 5.41 Å². The van der Waals surface area contributed by atoms with E-state index in [1.165, 1.54) is 0 Å². The summed E-state index contributed by atoms with van der Waals surface area (Å²) in [4.78, 5) is 12.1. The minimum Gasteiger partial charge on any atom is -0.496 e. The van der Waals surface area contributed by atoms with Gasteiger partial charge in [-0.2, -0.15) is 0 Å². The highest BCUT2D eigenvalue weighted by atomic mass is 79.9. The Morgan fingerprint density at radius 3 is 2.67 bits per heavy atom. The highest BCUT2D eigenvalue weighted by Gasteiger charge is 2.40. The molecule has 0 bridgehead atoms. The molecule has 0 saturated carbocycles. The van der Waals surface area contributed by atoms with Crippen molar-refractivity contribution < 1.29 is 9.53 Å². The maximum Gasteiger partial charge on any atom is 0.172 e. The van der Waals surface area contributed by atoms with Gasteiger partial charge in [-0.25, -0.2) is 0 Å². The van der Waals surface area contributed by atoms with Crippen molar-refractivity contribution in [2.75, 3.05) is 7.11 Å². The number of ether oxygens (including phenoxy) is 1. The molecule has 2 rings (SSSR count). The van der Waals surface area contributed by atoms with Crippen molar-refractivity contribution in [3.63, 3.8) is 0 Å². The summed E-state index contributed by atoms with van der Waals surface area (Å²) in [6.07, 6.45) is 0.777. The summed E-state index contributed by atoms with van der Waals surface area (Å²) in [5.41, 5.74) is 1.51. The Hall–Kier alpha value is -0.830. The topological polar surface area (TPSA) is 26.3 Å². The Kier molecular flexibility index (Phi) is 2.38. The van der Waals surface area contributed by atoms with E-state index in [-0.39, 0.29) is 11.2 Å². The minimum atomic E-state index is -0.306. The maximum absolute atomic E-state index is 12.1. The molecule has 1 aromatic carbocycles. The molecular formula is C12H13BrO2. The third-order valence-corrected chi connectivity index (χ3v) is 3.64. The SMILES string of the molecule is COc1ccc(Br)c2c1C(=O)C(C)(C)C2. The first-order chi connectivity index (χ1) is 6.97. The molecule has 0 radical (unpaired) electrons. The fraction of sp³-hybridized carbons (Fsp3) is 0.417. The standard InChI is InChI=1S/C12H13BrO2/c1-12(2)6-7-8(13)4-5-9(15-3)10(7)11(12)14/h4-5H,6H2,1-3H3. The number of hydrogen-bond donors (Lipinski definition) is 0. The van der Waals surface area contributed by atoms with Crippen molar-refractivity contribution in [1.29, 1.82) is 0 Å². The molecule has 0 unspecified atom stereocenters. The van der Waals surface area contributed by atoms with Gasteiger partial charge in [0.15, 0.2) is 5.78 Å². The molecule has 80 valence electrons. The van der Waals surface area contributed by atoms with Gasteiger partial charge in [0.2, 0.25) is 0 Å². The Morgan fingerprint density at radius 2 is 2.07 bits per heavy atom. The van der Waals surface area contributed by atoms with Gasteiger partial charge in [0.25, 0.3) is 0 Å². The van der Waals surface area contributed by atoms with Gasteiger partial charge in [0, 0.05) is 9.89 Å². The molecule has 1 aliphatic rings. The Bertz CT molecular complexity index is 435. The fourth-order valence-corrected chi connectivity index (χ4v) is 2.52. The first-order valence-corrected chi connectivity index (χ1v) is 5.67. The Balaban J connectivity index is 2.67.